The molecule has 1 amide bonds. The van der Waals surface area contributed by atoms with Crippen LogP contribution in [0.25, 0.3) is 0 Å². The molecule has 0 aliphatic heterocycles. The lowest BCUT2D eigenvalue weighted by atomic mass is 10.4. The molecule has 2 heterocycles. The van der Waals surface area contributed by atoms with Crippen molar-refractivity contribution in [2.45, 2.75) is 13.1 Å². The van der Waals surface area contributed by atoms with Crippen molar-refractivity contribution >= 4 is 33.2 Å². The van der Waals surface area contributed by atoms with Crippen LogP contribution in [0.2, 0.25) is 0 Å². The number of halogens is 1. The number of rotatable bonds is 4. The van der Waals surface area contributed by atoms with Crippen molar-refractivity contribution in [2.24, 2.45) is 0 Å². The highest BCUT2D eigenvalue weighted by Crippen LogP contribution is 2.20. The van der Waals surface area contributed by atoms with Gasteiger partial charge in [0.1, 0.15) is 19.2 Å². The quantitative estimate of drug-likeness (QED) is 0.864. The standard InChI is InChI=1S/C10H11BrN4OS/c1-14(3-9-2-8(11)5-17-9)10(16)4-15-7-12-6-13-15/h2,5-7H,3-4H2,1H3. The highest BCUT2D eigenvalue weighted by Gasteiger charge is 2.11. The minimum Gasteiger partial charge on any atom is -0.339 e. The van der Waals surface area contributed by atoms with Crippen LogP contribution in [-0.4, -0.2) is 32.6 Å². The molecule has 2 rings (SSSR count). The van der Waals surface area contributed by atoms with Gasteiger partial charge in [-0.2, -0.15) is 5.10 Å². The minimum absolute atomic E-state index is 0.0139. The average Bonchev–Trinajstić information content (AvgIpc) is 2.90. The molecule has 0 atom stereocenters. The zero-order chi connectivity index (χ0) is 12.3. The number of thiophene rings is 1. The highest BCUT2D eigenvalue weighted by molar-refractivity contribution is 9.10. The maximum absolute atomic E-state index is 11.9. The summed E-state index contributed by atoms with van der Waals surface area (Å²) in [6.45, 7) is 0.840. The molecule has 0 saturated carbocycles. The van der Waals surface area contributed by atoms with E-state index in [1.54, 1.807) is 23.3 Å². The average molecular weight is 315 g/mol. The molecule has 0 fully saturated rings. The number of nitrogens with zero attached hydrogens (tertiary/aromatic N) is 4. The highest BCUT2D eigenvalue weighted by atomic mass is 79.9. The lowest BCUT2D eigenvalue weighted by molar-refractivity contribution is -0.131. The second-order valence-electron chi connectivity index (χ2n) is 3.57. The van der Waals surface area contributed by atoms with Gasteiger partial charge in [-0.3, -0.25) is 4.79 Å². The van der Waals surface area contributed by atoms with Crippen molar-refractivity contribution in [3.05, 3.63) is 33.5 Å². The predicted molar refractivity (Wildman–Crippen MR) is 68.5 cm³/mol. The SMILES string of the molecule is CN(Cc1cc(Br)cs1)C(=O)Cn1cncn1. The molecular weight excluding hydrogens is 304 g/mol. The molecule has 90 valence electrons. The van der Waals surface area contributed by atoms with E-state index < -0.39 is 0 Å². The number of hydrogen-bond acceptors (Lipinski definition) is 4. The van der Waals surface area contributed by atoms with Crippen molar-refractivity contribution in [1.82, 2.24) is 19.7 Å². The summed E-state index contributed by atoms with van der Waals surface area (Å²) in [5, 5.41) is 5.91. The Morgan fingerprint density at radius 3 is 3.06 bits per heavy atom. The maximum atomic E-state index is 11.9. The molecule has 0 aromatic carbocycles. The van der Waals surface area contributed by atoms with Crippen LogP contribution in [0.15, 0.2) is 28.6 Å². The van der Waals surface area contributed by atoms with Crippen molar-refractivity contribution in [2.75, 3.05) is 7.05 Å². The number of amides is 1. The summed E-state index contributed by atoms with van der Waals surface area (Å²) in [4.78, 5) is 18.5. The topological polar surface area (TPSA) is 51.0 Å². The molecule has 0 radical (unpaired) electrons. The van der Waals surface area contributed by atoms with Crippen LogP contribution in [0, 0.1) is 0 Å². The number of carbonyl (C=O) groups is 1. The molecule has 7 heteroatoms. The molecular formula is C10H11BrN4OS. The summed E-state index contributed by atoms with van der Waals surface area (Å²) in [5.74, 6) is 0.0139. The fraction of sp³-hybridized carbons (Fsp3) is 0.300. The van der Waals surface area contributed by atoms with Gasteiger partial charge in [-0.1, -0.05) is 0 Å². The fourth-order valence-electron chi connectivity index (χ4n) is 1.33. The second-order valence-corrected chi connectivity index (χ2v) is 5.49. The largest absolute Gasteiger partial charge is 0.339 e. The molecule has 17 heavy (non-hydrogen) atoms. The Kier molecular flexibility index (Phi) is 3.90. The Balaban J connectivity index is 1.91. The number of aromatic nitrogens is 3. The summed E-state index contributed by atoms with van der Waals surface area (Å²) < 4.78 is 2.57. The van der Waals surface area contributed by atoms with Crippen LogP contribution in [-0.2, 0) is 17.9 Å². The molecule has 0 saturated heterocycles. The zero-order valence-electron chi connectivity index (χ0n) is 9.21. The molecule has 0 spiro atoms. The van der Waals surface area contributed by atoms with E-state index in [9.17, 15) is 4.79 Å². The summed E-state index contributed by atoms with van der Waals surface area (Å²) in [7, 11) is 1.78. The fourth-order valence-corrected chi connectivity index (χ4v) is 2.84. The second kappa shape index (κ2) is 5.42. The first-order valence-corrected chi connectivity index (χ1v) is 6.61. The summed E-state index contributed by atoms with van der Waals surface area (Å²) in [6, 6.07) is 2.02. The normalized spacial score (nSPS) is 10.5. The molecule has 0 aliphatic rings. The van der Waals surface area contributed by atoms with E-state index in [1.807, 2.05) is 11.4 Å². The van der Waals surface area contributed by atoms with Gasteiger partial charge in [0, 0.05) is 21.8 Å². The van der Waals surface area contributed by atoms with Crippen LogP contribution in [0.4, 0.5) is 0 Å². The minimum atomic E-state index is 0.0139. The van der Waals surface area contributed by atoms with Crippen LogP contribution >= 0.6 is 27.3 Å². The van der Waals surface area contributed by atoms with Crippen LogP contribution in [0.1, 0.15) is 4.88 Å². The molecule has 2 aromatic heterocycles. The van der Waals surface area contributed by atoms with Gasteiger partial charge in [-0.15, -0.1) is 11.3 Å². The van der Waals surface area contributed by atoms with Crippen molar-refractivity contribution in [3.63, 3.8) is 0 Å². The van der Waals surface area contributed by atoms with Gasteiger partial charge in [0.25, 0.3) is 0 Å². The van der Waals surface area contributed by atoms with Gasteiger partial charge in [0.15, 0.2) is 0 Å². The summed E-state index contributed by atoms with van der Waals surface area (Å²) in [6.07, 6.45) is 2.96. The Hall–Kier alpha value is -1.21. The van der Waals surface area contributed by atoms with E-state index in [0.717, 1.165) is 9.35 Å². The Morgan fingerprint density at radius 1 is 1.65 bits per heavy atom. The zero-order valence-corrected chi connectivity index (χ0v) is 11.6. The van der Waals surface area contributed by atoms with E-state index in [2.05, 4.69) is 26.0 Å². The number of likely N-dealkylation sites (N-methyl/N-ethyl adjacent to an activating group) is 1. The molecule has 2 aromatic rings. The lowest BCUT2D eigenvalue weighted by Gasteiger charge is -2.15. The Labute approximate surface area is 111 Å². The first-order valence-electron chi connectivity index (χ1n) is 4.94. The van der Waals surface area contributed by atoms with Crippen molar-refractivity contribution in [1.29, 1.82) is 0 Å². The number of hydrogen-bond donors (Lipinski definition) is 0. The Morgan fingerprint density at radius 2 is 2.47 bits per heavy atom. The van der Waals surface area contributed by atoms with E-state index in [0.29, 0.717) is 6.54 Å². The molecule has 5 nitrogen and oxygen atoms in total. The monoisotopic (exact) mass is 314 g/mol. The molecule has 0 unspecified atom stereocenters. The van der Waals surface area contributed by atoms with Crippen molar-refractivity contribution in [3.8, 4) is 0 Å². The van der Waals surface area contributed by atoms with E-state index in [4.69, 9.17) is 0 Å². The van der Waals surface area contributed by atoms with E-state index >= 15 is 0 Å². The number of carbonyl (C=O) groups excluding carboxylic acids is 1. The van der Waals surface area contributed by atoms with Crippen LogP contribution in [0.3, 0.4) is 0 Å². The molecule has 0 bridgehead atoms. The lowest BCUT2D eigenvalue weighted by Crippen LogP contribution is -2.29. The van der Waals surface area contributed by atoms with Crippen LogP contribution < -0.4 is 0 Å². The third-order valence-corrected chi connectivity index (χ3v) is 3.89. The predicted octanol–water partition coefficient (Wildman–Crippen LogP) is 1.76. The van der Waals surface area contributed by atoms with E-state index in [1.165, 1.54) is 17.3 Å². The van der Waals surface area contributed by atoms with Crippen LogP contribution in [0.5, 0.6) is 0 Å². The smallest absolute Gasteiger partial charge is 0.244 e. The van der Waals surface area contributed by atoms with Gasteiger partial charge >= 0.3 is 0 Å². The van der Waals surface area contributed by atoms with Gasteiger partial charge in [-0.25, -0.2) is 9.67 Å². The maximum Gasteiger partial charge on any atom is 0.244 e. The molecule has 0 N–H and O–H groups in total. The molecule has 0 aliphatic carbocycles. The summed E-state index contributed by atoms with van der Waals surface area (Å²) >= 11 is 5.02. The van der Waals surface area contributed by atoms with Gasteiger partial charge in [-0.05, 0) is 22.0 Å². The van der Waals surface area contributed by atoms with Crippen molar-refractivity contribution < 1.29 is 4.79 Å². The summed E-state index contributed by atoms with van der Waals surface area (Å²) in [5.41, 5.74) is 0. The van der Waals surface area contributed by atoms with Gasteiger partial charge < -0.3 is 4.90 Å². The first kappa shape index (κ1) is 12.3. The van der Waals surface area contributed by atoms with Gasteiger partial charge in [0.2, 0.25) is 5.91 Å². The third-order valence-electron chi connectivity index (χ3n) is 2.20. The Bertz CT molecular complexity index is 496. The van der Waals surface area contributed by atoms with Gasteiger partial charge in [0.05, 0.1) is 6.54 Å². The van der Waals surface area contributed by atoms with E-state index in [-0.39, 0.29) is 12.5 Å². The third kappa shape index (κ3) is 3.37. The first-order chi connectivity index (χ1) is 8.15.